The molecule has 2 N–H and O–H groups in total. The first-order valence-electron chi connectivity index (χ1n) is 14.2. The fourth-order valence-electron chi connectivity index (χ4n) is 4.79. The molecule has 13 heteroatoms. The van der Waals surface area contributed by atoms with E-state index in [-0.39, 0.29) is 37.0 Å². The van der Waals surface area contributed by atoms with Gasteiger partial charge in [0.1, 0.15) is 24.0 Å². The Morgan fingerprint density at radius 1 is 1.09 bits per heavy atom. The van der Waals surface area contributed by atoms with Crippen LogP contribution in [0.3, 0.4) is 0 Å². The maximum atomic E-state index is 13.5. The molecule has 1 aliphatic rings. The number of aryl methyl sites for hydroxylation is 2. The zero-order valence-electron chi connectivity index (χ0n) is 24.2. The van der Waals surface area contributed by atoms with Gasteiger partial charge in [-0.05, 0) is 50.1 Å². The quantitative estimate of drug-likeness (QED) is 0.358. The van der Waals surface area contributed by atoms with Gasteiger partial charge in [0.15, 0.2) is 0 Å². The van der Waals surface area contributed by atoms with Gasteiger partial charge in [0.05, 0.1) is 42.1 Å². The molecule has 0 saturated heterocycles. The van der Waals surface area contributed by atoms with E-state index in [0.29, 0.717) is 60.4 Å². The van der Waals surface area contributed by atoms with Crippen LogP contribution in [0.15, 0.2) is 59.8 Å². The van der Waals surface area contributed by atoms with Crippen LogP contribution in [-0.2, 0) is 29.2 Å². The van der Waals surface area contributed by atoms with Gasteiger partial charge >= 0.3 is 0 Å². The lowest BCUT2D eigenvalue weighted by Crippen LogP contribution is -2.45. The molecule has 3 amide bonds. The van der Waals surface area contributed by atoms with E-state index in [1.165, 1.54) is 10.9 Å². The maximum Gasteiger partial charge on any atom is 0.261 e. The first-order chi connectivity index (χ1) is 20.8. The molecule has 5 rings (SSSR count). The molecule has 1 aliphatic heterocycles. The summed E-state index contributed by atoms with van der Waals surface area (Å²) in [5.74, 6) is -0.618. The van der Waals surface area contributed by atoms with E-state index >= 15 is 0 Å². The highest BCUT2D eigenvalue weighted by molar-refractivity contribution is 5.99. The number of para-hydroxylation sites is 1. The average Bonchev–Trinajstić information content (AvgIpc) is 3.45. The third kappa shape index (κ3) is 7.23. The Morgan fingerprint density at radius 3 is 2.79 bits per heavy atom. The Hall–Kier alpha value is -5.07. The highest BCUT2D eigenvalue weighted by Crippen LogP contribution is 2.21. The third-order valence-corrected chi connectivity index (χ3v) is 7.14. The number of rotatable bonds is 2. The summed E-state index contributed by atoms with van der Waals surface area (Å²) in [7, 11) is 0. The van der Waals surface area contributed by atoms with Crippen molar-refractivity contribution in [1.29, 1.82) is 0 Å². The first-order valence-corrected chi connectivity index (χ1v) is 14.2. The van der Waals surface area contributed by atoms with E-state index in [1.807, 2.05) is 13.0 Å². The predicted octanol–water partition coefficient (Wildman–Crippen LogP) is 1.43. The number of aromatic nitrogens is 5. The Bertz CT molecular complexity index is 1700. The zero-order valence-corrected chi connectivity index (χ0v) is 24.2. The number of carbonyl (C=O) groups excluding carboxylic acids is 3. The summed E-state index contributed by atoms with van der Waals surface area (Å²) < 4.78 is 8.92. The van der Waals surface area contributed by atoms with Gasteiger partial charge in [-0.2, -0.15) is 0 Å². The van der Waals surface area contributed by atoms with Crippen molar-refractivity contribution < 1.29 is 19.1 Å². The lowest BCUT2D eigenvalue weighted by molar-refractivity contribution is -0.132. The monoisotopic (exact) mass is 586 g/mol. The molecule has 0 aliphatic carbocycles. The molecule has 1 atom stereocenters. The number of nitrogens with zero attached hydrogens (tertiary/aromatic N) is 6. The van der Waals surface area contributed by atoms with Gasteiger partial charge in [-0.1, -0.05) is 23.4 Å². The molecule has 2 aromatic heterocycles. The van der Waals surface area contributed by atoms with E-state index < -0.39 is 11.9 Å². The van der Waals surface area contributed by atoms with Crippen molar-refractivity contribution in [3.05, 3.63) is 82.2 Å². The molecule has 43 heavy (non-hydrogen) atoms. The largest absolute Gasteiger partial charge is 0.493 e. The molecule has 0 fully saturated rings. The minimum atomic E-state index is -0.789. The minimum Gasteiger partial charge on any atom is -0.493 e. The predicted molar refractivity (Wildman–Crippen MR) is 157 cm³/mol. The molecule has 2 aromatic carbocycles. The molecule has 3 heterocycles. The maximum absolute atomic E-state index is 13.5. The van der Waals surface area contributed by atoms with E-state index in [9.17, 15) is 19.2 Å². The summed E-state index contributed by atoms with van der Waals surface area (Å²) in [4.78, 5) is 58.1. The van der Waals surface area contributed by atoms with Crippen LogP contribution < -0.4 is 20.9 Å². The summed E-state index contributed by atoms with van der Waals surface area (Å²) in [6, 6.07) is 11.5. The van der Waals surface area contributed by atoms with Crippen LogP contribution in [0, 0.1) is 6.92 Å². The van der Waals surface area contributed by atoms with Crippen LogP contribution >= 0.6 is 0 Å². The highest BCUT2D eigenvalue weighted by atomic mass is 16.5. The Morgan fingerprint density at radius 2 is 1.93 bits per heavy atom. The van der Waals surface area contributed by atoms with Crippen molar-refractivity contribution >= 4 is 28.6 Å². The van der Waals surface area contributed by atoms with Crippen LogP contribution in [0.4, 0.5) is 0 Å². The molecule has 0 radical (unpaired) electrons. The second kappa shape index (κ2) is 13.3. The SMILES string of the molecule is Cc1ccc2c(c1)OCCCn1cc(nn1)CN(C(=O)Cn1cnc3ccccc3c1=O)CCCNC(=O)[C@@H](C)NC2=O. The van der Waals surface area contributed by atoms with Gasteiger partial charge in [0.2, 0.25) is 11.8 Å². The second-order valence-electron chi connectivity index (χ2n) is 10.5. The molecular formula is C30H34N8O5. The van der Waals surface area contributed by atoms with E-state index in [0.717, 1.165) is 5.56 Å². The lowest BCUT2D eigenvalue weighted by atomic mass is 10.1. The molecule has 4 aromatic rings. The zero-order chi connectivity index (χ0) is 30.3. The van der Waals surface area contributed by atoms with Crippen molar-refractivity contribution in [2.45, 2.75) is 52.4 Å². The summed E-state index contributed by atoms with van der Waals surface area (Å²) in [6.45, 7) is 4.91. The number of fused-ring (bicyclic) bond motifs is 4. The normalized spacial score (nSPS) is 17.1. The number of benzene rings is 2. The van der Waals surface area contributed by atoms with Crippen LogP contribution in [0.5, 0.6) is 5.75 Å². The van der Waals surface area contributed by atoms with Crippen molar-refractivity contribution in [2.75, 3.05) is 19.7 Å². The van der Waals surface area contributed by atoms with Gasteiger partial charge in [-0.15, -0.1) is 5.10 Å². The number of amides is 3. The van der Waals surface area contributed by atoms with Crippen LogP contribution in [-0.4, -0.2) is 72.9 Å². The summed E-state index contributed by atoms with van der Waals surface area (Å²) in [6.07, 6.45) is 4.18. The smallest absolute Gasteiger partial charge is 0.261 e. The average molecular weight is 587 g/mol. The molecule has 0 spiro atoms. The van der Waals surface area contributed by atoms with E-state index in [2.05, 4.69) is 25.9 Å². The van der Waals surface area contributed by atoms with Gasteiger partial charge in [-0.25, -0.2) is 4.98 Å². The minimum absolute atomic E-state index is 0.179. The second-order valence-corrected chi connectivity index (χ2v) is 10.5. The number of carbonyl (C=O) groups is 3. The molecule has 0 unspecified atom stereocenters. The Balaban J connectivity index is 1.33. The number of hydrogen-bond acceptors (Lipinski definition) is 8. The Kier molecular flexibility index (Phi) is 9.08. The number of ether oxygens (including phenoxy) is 1. The summed E-state index contributed by atoms with van der Waals surface area (Å²) in [5, 5.41) is 14.4. The summed E-state index contributed by atoms with van der Waals surface area (Å²) in [5.41, 5.74) is 2.14. The van der Waals surface area contributed by atoms with Gasteiger partial charge < -0.3 is 20.3 Å². The molecular weight excluding hydrogens is 552 g/mol. The fourth-order valence-corrected chi connectivity index (χ4v) is 4.79. The van der Waals surface area contributed by atoms with Crippen molar-refractivity contribution in [3.63, 3.8) is 0 Å². The molecule has 224 valence electrons. The lowest BCUT2D eigenvalue weighted by Gasteiger charge is -2.22. The Labute approximate surface area is 247 Å². The third-order valence-electron chi connectivity index (χ3n) is 7.14. The molecule has 2 bridgehead atoms. The standard InChI is InChI=1S/C30H34N8O5/c1-20-9-10-24-26(15-20)43-14-6-13-38-17-22(34-35-38)16-36(12-5-11-31-28(40)21(2)33-29(24)41)27(39)18-37-19-32-25-8-4-3-7-23(25)30(37)42/h3-4,7-10,15,17,19,21H,5-6,11-14,16,18H2,1-2H3,(H,31,40)(H,33,41)/t21-/m1/s1. The number of nitrogens with one attached hydrogen (secondary N) is 2. The van der Waals surface area contributed by atoms with E-state index in [1.54, 1.807) is 59.1 Å². The van der Waals surface area contributed by atoms with Crippen molar-refractivity contribution in [1.82, 2.24) is 40.1 Å². The van der Waals surface area contributed by atoms with Gasteiger partial charge in [0, 0.05) is 26.1 Å². The van der Waals surface area contributed by atoms with Gasteiger partial charge in [-0.3, -0.25) is 28.4 Å². The van der Waals surface area contributed by atoms with Crippen LogP contribution in [0.1, 0.15) is 41.4 Å². The van der Waals surface area contributed by atoms with E-state index in [4.69, 9.17) is 4.74 Å². The highest BCUT2D eigenvalue weighted by Gasteiger charge is 2.21. The van der Waals surface area contributed by atoms with Gasteiger partial charge in [0.25, 0.3) is 11.5 Å². The van der Waals surface area contributed by atoms with Crippen molar-refractivity contribution in [2.24, 2.45) is 0 Å². The summed E-state index contributed by atoms with van der Waals surface area (Å²) >= 11 is 0. The number of hydrogen-bond donors (Lipinski definition) is 2. The molecule has 0 saturated carbocycles. The van der Waals surface area contributed by atoms with Crippen molar-refractivity contribution in [3.8, 4) is 5.75 Å². The fraction of sp³-hybridized carbons (Fsp3) is 0.367. The van der Waals surface area contributed by atoms with Crippen LogP contribution in [0.2, 0.25) is 0 Å². The molecule has 13 nitrogen and oxygen atoms in total. The van der Waals surface area contributed by atoms with Crippen LogP contribution in [0.25, 0.3) is 10.9 Å². The first kappa shape index (κ1) is 29.4. The topological polar surface area (TPSA) is 153 Å².